The molecule has 0 saturated heterocycles. The average Bonchev–Trinajstić information content (AvgIpc) is 2.52. The SMILES string of the molecule is CSCc1noc([C@@H](O)CN)n1. The summed E-state index contributed by atoms with van der Waals surface area (Å²) < 4.78 is 4.77. The van der Waals surface area contributed by atoms with Crippen LogP contribution in [0.1, 0.15) is 17.8 Å². The normalized spacial score (nSPS) is 13.2. The molecule has 0 aromatic carbocycles. The molecule has 0 aliphatic heterocycles. The zero-order chi connectivity index (χ0) is 8.97. The number of aliphatic hydroxyl groups is 1. The van der Waals surface area contributed by atoms with Gasteiger partial charge in [0.25, 0.3) is 5.89 Å². The van der Waals surface area contributed by atoms with Crippen LogP contribution in [0.3, 0.4) is 0 Å². The molecule has 6 heteroatoms. The van der Waals surface area contributed by atoms with Crippen LogP contribution in [0.4, 0.5) is 0 Å². The van der Waals surface area contributed by atoms with Crippen molar-refractivity contribution in [3.63, 3.8) is 0 Å². The fourth-order valence-corrected chi connectivity index (χ4v) is 1.07. The molecule has 12 heavy (non-hydrogen) atoms. The third-order valence-electron chi connectivity index (χ3n) is 1.27. The predicted molar refractivity (Wildman–Crippen MR) is 45.5 cm³/mol. The number of rotatable bonds is 4. The van der Waals surface area contributed by atoms with Crippen LogP contribution < -0.4 is 5.73 Å². The summed E-state index contributed by atoms with van der Waals surface area (Å²) in [6.07, 6.45) is 1.10. The standard InChI is InChI=1S/C6H11N3O2S/c1-12-3-5-8-6(11-9-5)4(10)2-7/h4,10H,2-3,7H2,1H3/t4-/m0/s1. The summed E-state index contributed by atoms with van der Waals surface area (Å²) in [4.78, 5) is 3.94. The molecule has 0 fully saturated rings. The van der Waals surface area contributed by atoms with Gasteiger partial charge < -0.3 is 15.4 Å². The molecule has 0 amide bonds. The zero-order valence-electron chi connectivity index (χ0n) is 6.73. The third kappa shape index (κ3) is 2.20. The van der Waals surface area contributed by atoms with E-state index in [0.29, 0.717) is 11.6 Å². The number of hydrogen-bond acceptors (Lipinski definition) is 6. The smallest absolute Gasteiger partial charge is 0.256 e. The topological polar surface area (TPSA) is 85.2 Å². The molecule has 1 aromatic rings. The van der Waals surface area contributed by atoms with Gasteiger partial charge in [0.15, 0.2) is 5.82 Å². The third-order valence-corrected chi connectivity index (χ3v) is 1.81. The molecule has 5 nitrogen and oxygen atoms in total. The molecule has 0 saturated carbocycles. The molecule has 68 valence electrons. The number of nitrogens with zero attached hydrogens (tertiary/aromatic N) is 2. The Hall–Kier alpha value is -0.590. The van der Waals surface area contributed by atoms with Crippen molar-refractivity contribution in [2.24, 2.45) is 5.73 Å². The Labute approximate surface area is 74.3 Å². The number of aliphatic hydroxyl groups excluding tert-OH is 1. The Bertz CT molecular complexity index is 240. The maximum Gasteiger partial charge on any atom is 0.256 e. The van der Waals surface area contributed by atoms with Gasteiger partial charge in [0.2, 0.25) is 0 Å². The van der Waals surface area contributed by atoms with E-state index in [4.69, 9.17) is 10.3 Å². The first-order chi connectivity index (χ1) is 5.77. The summed E-state index contributed by atoms with van der Waals surface area (Å²) in [5, 5.41) is 12.8. The second-order valence-electron chi connectivity index (χ2n) is 2.23. The van der Waals surface area contributed by atoms with Crippen molar-refractivity contribution in [2.75, 3.05) is 12.8 Å². The lowest BCUT2D eigenvalue weighted by atomic mass is 10.4. The van der Waals surface area contributed by atoms with Crippen molar-refractivity contribution in [1.29, 1.82) is 0 Å². The monoisotopic (exact) mass is 189 g/mol. The Morgan fingerprint density at radius 2 is 2.50 bits per heavy atom. The van der Waals surface area contributed by atoms with E-state index in [9.17, 15) is 5.11 Å². The van der Waals surface area contributed by atoms with E-state index in [2.05, 4.69) is 10.1 Å². The molecule has 0 spiro atoms. The Kier molecular flexibility index (Phi) is 3.51. The summed E-state index contributed by atoms with van der Waals surface area (Å²) in [6.45, 7) is 0.0981. The Morgan fingerprint density at radius 1 is 1.75 bits per heavy atom. The summed E-state index contributed by atoms with van der Waals surface area (Å²) in [6, 6.07) is 0. The maximum atomic E-state index is 9.18. The predicted octanol–water partition coefficient (Wildman–Crippen LogP) is -0.0753. The average molecular weight is 189 g/mol. The minimum atomic E-state index is -0.840. The number of aromatic nitrogens is 2. The van der Waals surface area contributed by atoms with Crippen LogP contribution in [-0.4, -0.2) is 28.0 Å². The highest BCUT2D eigenvalue weighted by Crippen LogP contribution is 2.10. The second kappa shape index (κ2) is 4.44. The fourth-order valence-electron chi connectivity index (χ4n) is 0.691. The van der Waals surface area contributed by atoms with E-state index in [1.807, 2.05) is 6.26 Å². The van der Waals surface area contributed by atoms with E-state index >= 15 is 0 Å². The molecular weight excluding hydrogens is 178 g/mol. The molecule has 0 bridgehead atoms. The van der Waals surface area contributed by atoms with Crippen LogP contribution in [-0.2, 0) is 5.75 Å². The van der Waals surface area contributed by atoms with Gasteiger partial charge in [-0.1, -0.05) is 5.16 Å². The highest BCUT2D eigenvalue weighted by molar-refractivity contribution is 7.97. The minimum absolute atomic E-state index is 0.0981. The highest BCUT2D eigenvalue weighted by atomic mass is 32.2. The molecule has 0 radical (unpaired) electrons. The summed E-state index contributed by atoms with van der Waals surface area (Å²) in [7, 11) is 0. The van der Waals surface area contributed by atoms with Crippen molar-refractivity contribution in [1.82, 2.24) is 10.1 Å². The van der Waals surface area contributed by atoms with Gasteiger partial charge in [0, 0.05) is 6.54 Å². The molecule has 1 atom stereocenters. The summed E-state index contributed by atoms with van der Waals surface area (Å²) in [5.74, 6) is 1.47. The summed E-state index contributed by atoms with van der Waals surface area (Å²) in [5.41, 5.74) is 5.20. The molecule has 0 aliphatic carbocycles. The lowest BCUT2D eigenvalue weighted by Crippen LogP contribution is -2.11. The molecule has 1 heterocycles. The van der Waals surface area contributed by atoms with Crippen LogP contribution in [0.25, 0.3) is 0 Å². The van der Waals surface area contributed by atoms with E-state index in [1.54, 1.807) is 11.8 Å². The highest BCUT2D eigenvalue weighted by Gasteiger charge is 2.13. The van der Waals surface area contributed by atoms with E-state index in [0.717, 1.165) is 0 Å². The number of thioether (sulfide) groups is 1. The van der Waals surface area contributed by atoms with Crippen molar-refractivity contribution < 1.29 is 9.63 Å². The van der Waals surface area contributed by atoms with E-state index in [-0.39, 0.29) is 12.4 Å². The van der Waals surface area contributed by atoms with Crippen molar-refractivity contribution in [2.45, 2.75) is 11.9 Å². The molecular formula is C6H11N3O2S. The van der Waals surface area contributed by atoms with Gasteiger partial charge in [-0.25, -0.2) is 0 Å². The van der Waals surface area contributed by atoms with Crippen LogP contribution in [0.5, 0.6) is 0 Å². The first-order valence-electron chi connectivity index (χ1n) is 3.47. The van der Waals surface area contributed by atoms with Crippen molar-refractivity contribution >= 4 is 11.8 Å². The van der Waals surface area contributed by atoms with Crippen molar-refractivity contribution in [3.05, 3.63) is 11.7 Å². The van der Waals surface area contributed by atoms with Crippen LogP contribution in [0.15, 0.2) is 4.52 Å². The van der Waals surface area contributed by atoms with Gasteiger partial charge in [-0.05, 0) is 6.26 Å². The molecule has 0 unspecified atom stereocenters. The van der Waals surface area contributed by atoms with Crippen LogP contribution in [0, 0.1) is 0 Å². The maximum absolute atomic E-state index is 9.18. The first kappa shape index (κ1) is 9.50. The molecule has 0 aliphatic rings. The molecule has 3 N–H and O–H groups in total. The van der Waals surface area contributed by atoms with Crippen LogP contribution in [0.2, 0.25) is 0 Å². The fraction of sp³-hybridized carbons (Fsp3) is 0.667. The lowest BCUT2D eigenvalue weighted by molar-refractivity contribution is 0.141. The van der Waals surface area contributed by atoms with Crippen molar-refractivity contribution in [3.8, 4) is 0 Å². The van der Waals surface area contributed by atoms with Gasteiger partial charge in [-0.3, -0.25) is 0 Å². The Balaban J connectivity index is 2.63. The van der Waals surface area contributed by atoms with Gasteiger partial charge >= 0.3 is 0 Å². The molecule has 1 aromatic heterocycles. The van der Waals surface area contributed by atoms with Gasteiger partial charge in [0.05, 0.1) is 5.75 Å². The number of hydrogen-bond donors (Lipinski definition) is 2. The van der Waals surface area contributed by atoms with Gasteiger partial charge in [-0.2, -0.15) is 16.7 Å². The Morgan fingerprint density at radius 3 is 3.08 bits per heavy atom. The summed E-state index contributed by atoms with van der Waals surface area (Å²) >= 11 is 1.59. The van der Waals surface area contributed by atoms with Gasteiger partial charge in [-0.15, -0.1) is 0 Å². The second-order valence-corrected chi connectivity index (χ2v) is 3.10. The number of nitrogens with two attached hydrogens (primary N) is 1. The minimum Gasteiger partial charge on any atom is -0.382 e. The van der Waals surface area contributed by atoms with Crippen LogP contribution >= 0.6 is 11.8 Å². The quantitative estimate of drug-likeness (QED) is 0.689. The van der Waals surface area contributed by atoms with Gasteiger partial charge in [0.1, 0.15) is 6.10 Å². The van der Waals surface area contributed by atoms with E-state index < -0.39 is 6.10 Å². The molecule has 1 rings (SSSR count). The zero-order valence-corrected chi connectivity index (χ0v) is 7.54. The first-order valence-corrected chi connectivity index (χ1v) is 4.87. The van der Waals surface area contributed by atoms with E-state index in [1.165, 1.54) is 0 Å². The largest absolute Gasteiger partial charge is 0.382 e. The lowest BCUT2D eigenvalue weighted by Gasteiger charge is -1.97.